The van der Waals surface area contributed by atoms with E-state index in [9.17, 15) is 0 Å². The van der Waals surface area contributed by atoms with Crippen molar-refractivity contribution in [1.82, 2.24) is 9.97 Å². The molecular weight excluding hydrogens is 369 g/mol. The second-order valence-corrected chi connectivity index (χ2v) is 5.93. The van der Waals surface area contributed by atoms with Crippen LogP contribution in [0.5, 0.6) is 0 Å². The van der Waals surface area contributed by atoms with E-state index in [4.69, 9.17) is 44.9 Å². The van der Waals surface area contributed by atoms with E-state index in [0.29, 0.717) is 20.7 Å². The summed E-state index contributed by atoms with van der Waals surface area (Å²) in [5, 5.41) is 18.9. The van der Waals surface area contributed by atoms with Crippen molar-refractivity contribution in [1.29, 1.82) is 0 Å². The van der Waals surface area contributed by atoms with Crippen molar-refractivity contribution >= 4 is 47.4 Å². The molecule has 0 aliphatic rings. The average molecular weight is 381 g/mol. The van der Waals surface area contributed by atoms with Gasteiger partial charge in [-0.15, -0.1) is 0 Å². The summed E-state index contributed by atoms with van der Waals surface area (Å²) in [5.41, 5.74) is 2.11. The topological polar surface area (TPSA) is 66.2 Å². The number of nitrogens with zero attached hydrogens (tertiary/aromatic N) is 2. The van der Waals surface area contributed by atoms with Crippen LogP contribution >= 0.6 is 34.8 Å². The lowest BCUT2D eigenvalue weighted by Crippen LogP contribution is -2.29. The quantitative estimate of drug-likeness (QED) is 0.527. The van der Waals surface area contributed by atoms with Crippen LogP contribution in [0.4, 0.5) is 0 Å². The maximum absolute atomic E-state index is 8.65. The van der Waals surface area contributed by atoms with E-state index >= 15 is 0 Å². The van der Waals surface area contributed by atoms with Crippen molar-refractivity contribution in [2.45, 2.75) is 0 Å². The predicted molar refractivity (Wildman–Crippen MR) is 98.8 cm³/mol. The fourth-order valence-corrected chi connectivity index (χ4v) is 2.34. The highest BCUT2D eigenvalue weighted by Crippen LogP contribution is 2.21. The molecule has 1 heterocycles. The fraction of sp³-hybridized carbons (Fsp3) is 0. The van der Waals surface area contributed by atoms with E-state index in [1.54, 1.807) is 24.3 Å². The molecule has 4 nitrogen and oxygen atoms in total. The lowest BCUT2D eigenvalue weighted by Gasteiger charge is -2.00. The zero-order valence-electron chi connectivity index (χ0n) is 12.3. The Labute approximate surface area is 154 Å². The van der Waals surface area contributed by atoms with E-state index in [1.807, 2.05) is 24.3 Å². The molecule has 2 N–H and O–H groups in total. The minimum atomic E-state index is -1.43. The molecule has 0 unspecified atom stereocenters. The molecule has 3 aromatic rings. The first-order chi connectivity index (χ1) is 11.5. The summed E-state index contributed by atoms with van der Waals surface area (Å²) >= 11 is 17.2. The Hall–Kier alpha value is -1.63. The monoisotopic (exact) mass is 380 g/mol. The SMILES string of the molecule is Clc1cccc(-c2cc(Cl)ncn2)c1.OB(O)c1cccc(Cl)c1. The molecule has 0 aliphatic heterocycles. The molecule has 0 saturated heterocycles. The van der Waals surface area contributed by atoms with Gasteiger partial charge in [0.25, 0.3) is 0 Å². The second kappa shape index (κ2) is 9.01. The van der Waals surface area contributed by atoms with Crippen LogP contribution in [-0.4, -0.2) is 27.1 Å². The minimum Gasteiger partial charge on any atom is -0.423 e. The van der Waals surface area contributed by atoms with Gasteiger partial charge in [0.15, 0.2) is 0 Å². The lowest BCUT2D eigenvalue weighted by atomic mass is 9.81. The zero-order chi connectivity index (χ0) is 17.5. The van der Waals surface area contributed by atoms with Gasteiger partial charge in [0, 0.05) is 21.7 Å². The summed E-state index contributed by atoms with van der Waals surface area (Å²) in [4.78, 5) is 7.91. The summed E-state index contributed by atoms with van der Waals surface area (Å²) < 4.78 is 0. The van der Waals surface area contributed by atoms with E-state index in [0.717, 1.165) is 11.3 Å². The highest BCUT2D eigenvalue weighted by molar-refractivity contribution is 6.59. The van der Waals surface area contributed by atoms with Gasteiger partial charge in [-0.1, -0.05) is 59.1 Å². The third kappa shape index (κ3) is 5.78. The molecule has 2 aromatic carbocycles. The van der Waals surface area contributed by atoms with E-state index in [2.05, 4.69) is 9.97 Å². The number of benzene rings is 2. The average Bonchev–Trinajstić information content (AvgIpc) is 2.55. The molecule has 122 valence electrons. The molecule has 0 saturated carbocycles. The molecule has 0 amide bonds. The molecule has 24 heavy (non-hydrogen) atoms. The number of halogens is 3. The third-order valence-corrected chi connectivity index (χ3v) is 3.58. The van der Waals surface area contributed by atoms with Crippen LogP contribution in [0.1, 0.15) is 0 Å². The number of aromatic nitrogens is 2. The van der Waals surface area contributed by atoms with Crippen molar-refractivity contribution in [3.8, 4) is 11.3 Å². The highest BCUT2D eigenvalue weighted by Gasteiger charge is 2.09. The summed E-state index contributed by atoms with van der Waals surface area (Å²) in [6.07, 6.45) is 1.43. The van der Waals surface area contributed by atoms with Crippen LogP contribution < -0.4 is 5.46 Å². The van der Waals surface area contributed by atoms with Gasteiger partial charge in [-0.25, -0.2) is 9.97 Å². The van der Waals surface area contributed by atoms with Gasteiger partial charge in [0.1, 0.15) is 11.5 Å². The maximum atomic E-state index is 8.65. The van der Waals surface area contributed by atoms with E-state index < -0.39 is 7.12 Å². The van der Waals surface area contributed by atoms with Crippen LogP contribution in [0.3, 0.4) is 0 Å². The molecule has 8 heteroatoms. The van der Waals surface area contributed by atoms with Gasteiger partial charge in [0.05, 0.1) is 5.69 Å². The molecule has 0 aliphatic carbocycles. The summed E-state index contributed by atoms with van der Waals surface area (Å²) in [7, 11) is -1.43. The van der Waals surface area contributed by atoms with Crippen LogP contribution in [0, 0.1) is 0 Å². The van der Waals surface area contributed by atoms with Gasteiger partial charge in [-0.3, -0.25) is 0 Å². The normalized spacial score (nSPS) is 9.88. The number of hydrogen-bond acceptors (Lipinski definition) is 4. The fourth-order valence-electron chi connectivity index (χ4n) is 1.81. The van der Waals surface area contributed by atoms with Crippen molar-refractivity contribution in [2.75, 3.05) is 0 Å². The van der Waals surface area contributed by atoms with E-state index in [-0.39, 0.29) is 0 Å². The Bertz CT molecular complexity index is 775. The first-order valence-electron chi connectivity index (χ1n) is 6.81. The molecule has 3 rings (SSSR count). The molecule has 0 atom stereocenters. The van der Waals surface area contributed by atoms with Crippen molar-refractivity contribution in [2.24, 2.45) is 0 Å². The van der Waals surface area contributed by atoms with E-state index in [1.165, 1.54) is 12.4 Å². The Morgan fingerprint density at radius 3 is 2.00 bits per heavy atom. The third-order valence-electron chi connectivity index (χ3n) is 2.90. The molecule has 1 aromatic heterocycles. The van der Waals surface area contributed by atoms with Crippen molar-refractivity contribution in [3.63, 3.8) is 0 Å². The number of rotatable bonds is 2. The molecule has 0 spiro atoms. The molecule has 0 fully saturated rings. The lowest BCUT2D eigenvalue weighted by molar-refractivity contribution is 0.426. The van der Waals surface area contributed by atoms with Crippen LogP contribution in [0.15, 0.2) is 60.9 Å². The van der Waals surface area contributed by atoms with Gasteiger partial charge in [0.2, 0.25) is 0 Å². The zero-order valence-corrected chi connectivity index (χ0v) is 14.5. The molecular formula is C16H12BCl3N2O2. The van der Waals surface area contributed by atoms with Crippen LogP contribution in [-0.2, 0) is 0 Å². The highest BCUT2D eigenvalue weighted by atomic mass is 35.5. The maximum Gasteiger partial charge on any atom is 0.488 e. The standard InChI is InChI=1S/C10H6Cl2N2.C6H6BClO2/c11-8-3-1-2-7(4-8)9-5-10(12)14-6-13-9;8-6-3-1-2-5(4-6)7(9)10/h1-6H;1-4,9-10H. The smallest absolute Gasteiger partial charge is 0.423 e. The Kier molecular flexibility index (Phi) is 7.03. The summed E-state index contributed by atoms with van der Waals surface area (Å²) in [5.74, 6) is 0. The second-order valence-electron chi connectivity index (χ2n) is 4.66. The minimum absolute atomic E-state index is 0.410. The van der Waals surface area contributed by atoms with Gasteiger partial charge in [-0.05, 0) is 29.7 Å². The van der Waals surface area contributed by atoms with Crippen LogP contribution in [0.2, 0.25) is 15.2 Å². The van der Waals surface area contributed by atoms with Crippen LogP contribution in [0.25, 0.3) is 11.3 Å². The predicted octanol–water partition coefficient (Wildman–Crippen LogP) is 3.47. The van der Waals surface area contributed by atoms with Gasteiger partial charge < -0.3 is 10.0 Å². The van der Waals surface area contributed by atoms with Gasteiger partial charge in [-0.2, -0.15) is 0 Å². The number of hydrogen-bond donors (Lipinski definition) is 2. The van der Waals surface area contributed by atoms with Crippen molar-refractivity contribution in [3.05, 3.63) is 76.1 Å². The molecule has 0 bridgehead atoms. The van der Waals surface area contributed by atoms with Gasteiger partial charge >= 0.3 is 7.12 Å². The first kappa shape index (κ1) is 18.7. The molecule has 0 radical (unpaired) electrons. The van der Waals surface area contributed by atoms with Crippen molar-refractivity contribution < 1.29 is 10.0 Å². The summed E-state index contributed by atoms with van der Waals surface area (Å²) in [6, 6.07) is 15.6. The summed E-state index contributed by atoms with van der Waals surface area (Å²) in [6.45, 7) is 0. The Morgan fingerprint density at radius 1 is 0.792 bits per heavy atom. The largest absolute Gasteiger partial charge is 0.488 e. The Morgan fingerprint density at radius 2 is 1.46 bits per heavy atom. The first-order valence-corrected chi connectivity index (χ1v) is 7.94. The Balaban J connectivity index is 0.000000185.